The Labute approximate surface area is 153 Å². The Morgan fingerprint density at radius 1 is 1.11 bits per heavy atom. The number of hydrogen-bond acceptors (Lipinski definition) is 6. The molecule has 0 heterocycles. The maximum atomic E-state index is 13.0. The molecule has 11 heteroatoms. The number of nitro benzene ring substituents is 1. The van der Waals surface area contributed by atoms with E-state index in [1.54, 1.807) is 0 Å². The maximum absolute atomic E-state index is 13.0. The Morgan fingerprint density at radius 2 is 1.70 bits per heavy atom. The standard InChI is InChI=1S/C16H14N2O8S/c1-10(15(19)20)17(12-7-5-11(6-8-12)16(21)22)27(25,26)14-4-2-3-13(9-14)18(23)24/h2-10H,1H3,(H,19,20)(H,21,22). The molecule has 142 valence electrons. The molecule has 0 spiro atoms. The summed E-state index contributed by atoms with van der Waals surface area (Å²) in [6.45, 7) is 1.13. The van der Waals surface area contributed by atoms with Crippen LogP contribution in [0.15, 0.2) is 53.4 Å². The van der Waals surface area contributed by atoms with E-state index in [1.807, 2.05) is 0 Å². The van der Waals surface area contributed by atoms with Gasteiger partial charge in [-0.05, 0) is 37.3 Å². The minimum Gasteiger partial charge on any atom is -0.480 e. The first-order valence-corrected chi connectivity index (χ1v) is 8.84. The summed E-state index contributed by atoms with van der Waals surface area (Å²) in [5, 5.41) is 29.2. The Bertz CT molecular complexity index is 1000. The fourth-order valence-corrected chi connectivity index (χ4v) is 3.95. The molecule has 0 saturated carbocycles. The largest absolute Gasteiger partial charge is 0.480 e. The highest BCUT2D eigenvalue weighted by molar-refractivity contribution is 7.93. The van der Waals surface area contributed by atoms with Crippen molar-refractivity contribution < 1.29 is 33.1 Å². The first-order valence-electron chi connectivity index (χ1n) is 7.40. The van der Waals surface area contributed by atoms with E-state index in [2.05, 4.69) is 0 Å². The van der Waals surface area contributed by atoms with Crippen LogP contribution >= 0.6 is 0 Å². The van der Waals surface area contributed by atoms with E-state index in [-0.39, 0.29) is 11.3 Å². The van der Waals surface area contributed by atoms with Gasteiger partial charge in [-0.15, -0.1) is 0 Å². The zero-order valence-corrected chi connectivity index (χ0v) is 14.7. The van der Waals surface area contributed by atoms with Crippen molar-refractivity contribution in [3.63, 3.8) is 0 Å². The number of aromatic carboxylic acids is 1. The molecule has 0 aliphatic rings. The van der Waals surface area contributed by atoms with E-state index < -0.39 is 43.5 Å². The van der Waals surface area contributed by atoms with Gasteiger partial charge >= 0.3 is 11.9 Å². The average molecular weight is 394 g/mol. The second kappa shape index (κ2) is 7.41. The lowest BCUT2D eigenvalue weighted by molar-refractivity contribution is -0.385. The number of carbonyl (C=O) groups is 2. The topological polar surface area (TPSA) is 155 Å². The van der Waals surface area contributed by atoms with Crippen LogP contribution in [0, 0.1) is 10.1 Å². The Balaban J connectivity index is 2.62. The van der Waals surface area contributed by atoms with Crippen molar-refractivity contribution in [2.45, 2.75) is 17.9 Å². The van der Waals surface area contributed by atoms with Crippen LogP contribution in [0.25, 0.3) is 0 Å². The van der Waals surface area contributed by atoms with Gasteiger partial charge in [0.15, 0.2) is 0 Å². The van der Waals surface area contributed by atoms with Gasteiger partial charge in [0.05, 0.1) is 21.1 Å². The number of anilines is 1. The Kier molecular flexibility index (Phi) is 5.45. The number of hydrogen-bond donors (Lipinski definition) is 2. The van der Waals surface area contributed by atoms with Crippen molar-refractivity contribution >= 4 is 33.3 Å². The fourth-order valence-electron chi connectivity index (χ4n) is 2.29. The van der Waals surface area contributed by atoms with Crippen LogP contribution in [0.4, 0.5) is 11.4 Å². The van der Waals surface area contributed by atoms with E-state index >= 15 is 0 Å². The van der Waals surface area contributed by atoms with Crippen molar-refractivity contribution in [1.82, 2.24) is 0 Å². The lowest BCUT2D eigenvalue weighted by atomic mass is 10.2. The second-order valence-electron chi connectivity index (χ2n) is 5.42. The third-order valence-corrected chi connectivity index (χ3v) is 5.56. The highest BCUT2D eigenvalue weighted by Crippen LogP contribution is 2.28. The summed E-state index contributed by atoms with van der Waals surface area (Å²) < 4.78 is 26.6. The smallest absolute Gasteiger partial charge is 0.335 e. The predicted molar refractivity (Wildman–Crippen MR) is 93.3 cm³/mol. The molecule has 2 aromatic carbocycles. The van der Waals surface area contributed by atoms with Crippen LogP contribution in [0.5, 0.6) is 0 Å². The number of carboxylic acid groups (broad SMARTS) is 2. The molecule has 27 heavy (non-hydrogen) atoms. The average Bonchev–Trinajstić information content (AvgIpc) is 2.62. The molecule has 2 N–H and O–H groups in total. The van der Waals surface area contributed by atoms with Gasteiger partial charge in [-0.2, -0.15) is 0 Å². The molecule has 0 amide bonds. The van der Waals surface area contributed by atoms with Crippen LogP contribution in [0.1, 0.15) is 17.3 Å². The molecule has 1 atom stereocenters. The number of carboxylic acids is 2. The van der Waals surface area contributed by atoms with E-state index in [9.17, 15) is 33.2 Å². The highest BCUT2D eigenvalue weighted by Gasteiger charge is 2.34. The van der Waals surface area contributed by atoms with E-state index in [1.165, 1.54) is 6.07 Å². The normalized spacial score (nSPS) is 12.2. The second-order valence-corrected chi connectivity index (χ2v) is 7.24. The third kappa shape index (κ3) is 4.03. The summed E-state index contributed by atoms with van der Waals surface area (Å²) in [5.41, 5.74) is -0.684. The van der Waals surface area contributed by atoms with Gasteiger partial charge in [-0.1, -0.05) is 6.07 Å². The minimum atomic E-state index is -4.49. The van der Waals surface area contributed by atoms with Crippen molar-refractivity contribution in [2.75, 3.05) is 4.31 Å². The predicted octanol–water partition coefficient (Wildman–Crippen LogP) is 1.96. The number of aliphatic carboxylic acids is 1. The molecule has 0 fully saturated rings. The van der Waals surface area contributed by atoms with Crippen LogP contribution < -0.4 is 4.31 Å². The molecule has 2 aromatic rings. The summed E-state index contributed by atoms with van der Waals surface area (Å²) in [6, 6.07) is 7.20. The number of nitro groups is 1. The quantitative estimate of drug-likeness (QED) is 0.533. The first kappa shape index (κ1) is 19.8. The molecule has 0 bridgehead atoms. The number of benzene rings is 2. The molecule has 0 aromatic heterocycles. The van der Waals surface area contributed by atoms with Gasteiger partial charge in [0.25, 0.3) is 15.7 Å². The third-order valence-electron chi connectivity index (χ3n) is 3.66. The van der Waals surface area contributed by atoms with Crippen molar-refractivity contribution in [3.05, 3.63) is 64.2 Å². The molecular weight excluding hydrogens is 380 g/mol. The summed E-state index contributed by atoms with van der Waals surface area (Å²) in [5.74, 6) is -2.69. The van der Waals surface area contributed by atoms with Gasteiger partial charge in [-0.25, -0.2) is 18.0 Å². The number of nitrogens with zero attached hydrogens (tertiary/aromatic N) is 2. The zero-order valence-electron chi connectivity index (χ0n) is 13.8. The molecule has 0 saturated heterocycles. The Morgan fingerprint density at radius 3 is 2.19 bits per heavy atom. The van der Waals surface area contributed by atoms with Crippen molar-refractivity contribution in [3.8, 4) is 0 Å². The summed E-state index contributed by atoms with van der Waals surface area (Å²) in [7, 11) is -4.49. The summed E-state index contributed by atoms with van der Waals surface area (Å²) in [4.78, 5) is 32.1. The van der Waals surface area contributed by atoms with Gasteiger partial charge in [-0.3, -0.25) is 14.4 Å². The fraction of sp³-hybridized carbons (Fsp3) is 0.125. The lowest BCUT2D eigenvalue weighted by Gasteiger charge is -2.28. The SMILES string of the molecule is CC(C(=O)O)N(c1ccc(C(=O)O)cc1)S(=O)(=O)c1cccc([N+](=O)[O-])c1. The van der Waals surface area contributed by atoms with E-state index in [0.29, 0.717) is 4.31 Å². The number of sulfonamides is 1. The number of non-ortho nitro benzene ring substituents is 1. The summed E-state index contributed by atoms with van der Waals surface area (Å²) in [6.07, 6.45) is 0. The van der Waals surface area contributed by atoms with E-state index in [0.717, 1.165) is 49.4 Å². The van der Waals surface area contributed by atoms with Crippen LogP contribution in [-0.4, -0.2) is 41.5 Å². The van der Waals surface area contributed by atoms with Gasteiger partial charge in [0, 0.05) is 12.1 Å². The van der Waals surface area contributed by atoms with E-state index in [4.69, 9.17) is 5.11 Å². The summed E-state index contributed by atoms with van der Waals surface area (Å²) >= 11 is 0. The molecule has 2 rings (SSSR count). The molecule has 0 aliphatic heterocycles. The Hall–Kier alpha value is -3.47. The van der Waals surface area contributed by atoms with Crippen molar-refractivity contribution in [2.24, 2.45) is 0 Å². The monoisotopic (exact) mass is 394 g/mol. The number of rotatable bonds is 7. The maximum Gasteiger partial charge on any atom is 0.335 e. The lowest BCUT2D eigenvalue weighted by Crippen LogP contribution is -2.43. The molecule has 10 nitrogen and oxygen atoms in total. The minimum absolute atomic E-state index is 0.0959. The molecule has 0 aliphatic carbocycles. The van der Waals surface area contributed by atoms with Crippen LogP contribution in [-0.2, 0) is 14.8 Å². The van der Waals surface area contributed by atoms with Gasteiger partial charge in [0.2, 0.25) is 0 Å². The van der Waals surface area contributed by atoms with Gasteiger partial charge in [0.1, 0.15) is 6.04 Å². The molecule has 0 radical (unpaired) electrons. The molecule has 1 unspecified atom stereocenters. The van der Waals surface area contributed by atoms with Crippen LogP contribution in [0.2, 0.25) is 0 Å². The van der Waals surface area contributed by atoms with Crippen LogP contribution in [0.3, 0.4) is 0 Å². The van der Waals surface area contributed by atoms with Crippen molar-refractivity contribution in [1.29, 1.82) is 0 Å². The molecular formula is C16H14N2O8S. The zero-order chi connectivity index (χ0) is 20.4. The highest BCUT2D eigenvalue weighted by atomic mass is 32.2. The van der Waals surface area contributed by atoms with Gasteiger partial charge < -0.3 is 10.2 Å². The first-order chi connectivity index (χ1) is 12.6.